The fourth-order valence-corrected chi connectivity index (χ4v) is 2.96. The van der Waals surface area contributed by atoms with E-state index in [2.05, 4.69) is 4.90 Å². The van der Waals surface area contributed by atoms with Crippen LogP contribution < -0.4 is 0 Å². The quantitative estimate of drug-likeness (QED) is 0.755. The van der Waals surface area contributed by atoms with Gasteiger partial charge in [-0.1, -0.05) is 12.1 Å². The standard InChI is InChI=1S/C16H24FNO2/c17-14-7-5-13(6-8-14)16(20)12-15-4-3-10-18(15)9-1-2-11-19/h5-8,15-16,19-20H,1-4,9-12H2. The van der Waals surface area contributed by atoms with Crippen LogP contribution in [0.2, 0.25) is 0 Å². The highest BCUT2D eigenvalue weighted by Crippen LogP contribution is 2.27. The van der Waals surface area contributed by atoms with Gasteiger partial charge in [-0.25, -0.2) is 4.39 Å². The monoisotopic (exact) mass is 281 g/mol. The van der Waals surface area contributed by atoms with Crippen LogP contribution >= 0.6 is 0 Å². The van der Waals surface area contributed by atoms with E-state index in [1.54, 1.807) is 12.1 Å². The van der Waals surface area contributed by atoms with Crippen molar-refractivity contribution >= 4 is 0 Å². The predicted molar refractivity (Wildman–Crippen MR) is 76.9 cm³/mol. The first kappa shape index (κ1) is 15.4. The van der Waals surface area contributed by atoms with Crippen molar-refractivity contribution in [3.63, 3.8) is 0 Å². The normalized spacial score (nSPS) is 21.2. The Morgan fingerprint density at radius 1 is 1.25 bits per heavy atom. The molecule has 0 spiro atoms. The summed E-state index contributed by atoms with van der Waals surface area (Å²) >= 11 is 0. The number of hydrogen-bond acceptors (Lipinski definition) is 3. The number of nitrogens with zero attached hydrogens (tertiary/aromatic N) is 1. The minimum absolute atomic E-state index is 0.247. The summed E-state index contributed by atoms with van der Waals surface area (Å²) in [6.45, 7) is 2.31. The van der Waals surface area contributed by atoms with Gasteiger partial charge in [-0.15, -0.1) is 0 Å². The average molecular weight is 281 g/mol. The van der Waals surface area contributed by atoms with Crippen LogP contribution in [0.25, 0.3) is 0 Å². The average Bonchev–Trinajstić information content (AvgIpc) is 2.87. The first-order valence-corrected chi connectivity index (χ1v) is 7.49. The molecule has 1 saturated heterocycles. The summed E-state index contributed by atoms with van der Waals surface area (Å²) < 4.78 is 12.9. The Morgan fingerprint density at radius 3 is 2.70 bits per heavy atom. The number of rotatable bonds is 7. The minimum Gasteiger partial charge on any atom is -0.396 e. The van der Waals surface area contributed by atoms with Crippen LogP contribution in [-0.4, -0.2) is 40.9 Å². The third kappa shape index (κ3) is 4.27. The van der Waals surface area contributed by atoms with Gasteiger partial charge in [-0.05, 0) is 62.9 Å². The molecule has 2 unspecified atom stereocenters. The van der Waals surface area contributed by atoms with Crippen LogP contribution in [-0.2, 0) is 0 Å². The SMILES string of the molecule is OCCCCN1CCCC1CC(O)c1ccc(F)cc1. The van der Waals surface area contributed by atoms with Gasteiger partial charge in [0.15, 0.2) is 0 Å². The first-order chi connectivity index (χ1) is 9.70. The van der Waals surface area contributed by atoms with E-state index in [-0.39, 0.29) is 12.4 Å². The van der Waals surface area contributed by atoms with Crippen molar-refractivity contribution < 1.29 is 14.6 Å². The van der Waals surface area contributed by atoms with E-state index in [4.69, 9.17) is 5.11 Å². The lowest BCUT2D eigenvalue weighted by molar-refractivity contribution is 0.119. The molecular weight excluding hydrogens is 257 g/mol. The van der Waals surface area contributed by atoms with Gasteiger partial charge in [0.1, 0.15) is 5.82 Å². The predicted octanol–water partition coefficient (Wildman–Crippen LogP) is 2.49. The van der Waals surface area contributed by atoms with Gasteiger partial charge in [0.2, 0.25) is 0 Å². The van der Waals surface area contributed by atoms with E-state index in [0.717, 1.165) is 37.9 Å². The van der Waals surface area contributed by atoms with Crippen LogP contribution in [0, 0.1) is 5.82 Å². The molecule has 3 nitrogen and oxygen atoms in total. The van der Waals surface area contributed by atoms with Gasteiger partial charge in [0, 0.05) is 12.6 Å². The van der Waals surface area contributed by atoms with E-state index in [1.165, 1.54) is 18.6 Å². The maximum atomic E-state index is 12.9. The highest BCUT2D eigenvalue weighted by molar-refractivity contribution is 5.18. The molecule has 2 atom stereocenters. The molecule has 2 rings (SSSR count). The molecule has 1 heterocycles. The molecule has 1 aliphatic rings. The molecule has 1 fully saturated rings. The lowest BCUT2D eigenvalue weighted by atomic mass is 10.0. The van der Waals surface area contributed by atoms with E-state index >= 15 is 0 Å². The van der Waals surface area contributed by atoms with Crippen LogP contribution in [0.1, 0.15) is 43.8 Å². The van der Waals surface area contributed by atoms with Crippen LogP contribution in [0.5, 0.6) is 0 Å². The molecule has 1 aromatic carbocycles. The Bertz CT molecular complexity index is 396. The lowest BCUT2D eigenvalue weighted by Gasteiger charge is -2.26. The zero-order valence-electron chi connectivity index (χ0n) is 11.8. The highest BCUT2D eigenvalue weighted by atomic mass is 19.1. The summed E-state index contributed by atoms with van der Waals surface area (Å²) in [7, 11) is 0. The second kappa shape index (κ2) is 7.72. The second-order valence-corrected chi connectivity index (χ2v) is 5.57. The van der Waals surface area contributed by atoms with Gasteiger partial charge in [0.25, 0.3) is 0 Å². The van der Waals surface area contributed by atoms with Crippen LogP contribution in [0.3, 0.4) is 0 Å². The Labute approximate surface area is 120 Å². The van der Waals surface area contributed by atoms with Crippen molar-refractivity contribution in [2.45, 2.75) is 44.2 Å². The Balaban J connectivity index is 1.86. The number of aliphatic hydroxyl groups is 2. The molecule has 0 aromatic heterocycles. The summed E-state index contributed by atoms with van der Waals surface area (Å²) in [5, 5.41) is 19.1. The molecule has 4 heteroatoms. The molecule has 0 aliphatic carbocycles. The molecule has 2 N–H and O–H groups in total. The van der Waals surface area contributed by atoms with Crippen LogP contribution in [0.4, 0.5) is 4.39 Å². The summed E-state index contributed by atoms with van der Waals surface area (Å²) in [4.78, 5) is 2.41. The smallest absolute Gasteiger partial charge is 0.123 e. The fraction of sp³-hybridized carbons (Fsp3) is 0.625. The summed E-state index contributed by atoms with van der Waals surface area (Å²) in [6, 6.07) is 6.50. The van der Waals surface area contributed by atoms with Gasteiger partial charge in [-0.3, -0.25) is 0 Å². The van der Waals surface area contributed by atoms with E-state index in [1.807, 2.05) is 0 Å². The number of unbranched alkanes of at least 4 members (excludes halogenated alkanes) is 1. The van der Waals surface area contributed by atoms with Crippen molar-refractivity contribution in [3.8, 4) is 0 Å². The molecule has 0 bridgehead atoms. The molecule has 112 valence electrons. The number of benzene rings is 1. The van der Waals surface area contributed by atoms with Crippen molar-refractivity contribution in [1.82, 2.24) is 4.90 Å². The van der Waals surface area contributed by atoms with Crippen LogP contribution in [0.15, 0.2) is 24.3 Å². The summed E-state index contributed by atoms with van der Waals surface area (Å²) in [5.74, 6) is -0.271. The fourth-order valence-electron chi connectivity index (χ4n) is 2.96. The van der Waals surface area contributed by atoms with Crippen molar-refractivity contribution in [2.24, 2.45) is 0 Å². The van der Waals surface area contributed by atoms with Crippen molar-refractivity contribution in [2.75, 3.05) is 19.7 Å². The van der Waals surface area contributed by atoms with E-state index in [0.29, 0.717) is 12.5 Å². The Morgan fingerprint density at radius 2 is 2.00 bits per heavy atom. The third-order valence-corrected chi connectivity index (χ3v) is 4.10. The zero-order chi connectivity index (χ0) is 14.4. The summed E-state index contributed by atoms with van der Waals surface area (Å²) in [6.07, 6.45) is 4.28. The van der Waals surface area contributed by atoms with Gasteiger partial charge in [-0.2, -0.15) is 0 Å². The number of halogens is 1. The van der Waals surface area contributed by atoms with Crippen molar-refractivity contribution in [1.29, 1.82) is 0 Å². The number of likely N-dealkylation sites (tertiary alicyclic amines) is 1. The largest absolute Gasteiger partial charge is 0.396 e. The molecule has 0 amide bonds. The van der Waals surface area contributed by atoms with Gasteiger partial charge in [0.05, 0.1) is 6.10 Å². The second-order valence-electron chi connectivity index (χ2n) is 5.57. The molecule has 0 saturated carbocycles. The zero-order valence-corrected chi connectivity index (χ0v) is 11.8. The molecule has 20 heavy (non-hydrogen) atoms. The topological polar surface area (TPSA) is 43.7 Å². The van der Waals surface area contributed by atoms with E-state index in [9.17, 15) is 9.50 Å². The first-order valence-electron chi connectivity index (χ1n) is 7.49. The molecule has 1 aliphatic heterocycles. The molecule has 1 aromatic rings. The maximum absolute atomic E-state index is 12.9. The van der Waals surface area contributed by atoms with E-state index < -0.39 is 6.10 Å². The van der Waals surface area contributed by atoms with Gasteiger partial charge < -0.3 is 15.1 Å². The number of aliphatic hydroxyl groups excluding tert-OH is 2. The van der Waals surface area contributed by atoms with Crippen molar-refractivity contribution in [3.05, 3.63) is 35.6 Å². The highest BCUT2D eigenvalue weighted by Gasteiger charge is 2.26. The Kier molecular flexibility index (Phi) is 5.95. The Hall–Kier alpha value is -0.970. The summed E-state index contributed by atoms with van der Waals surface area (Å²) in [5.41, 5.74) is 0.786. The molecular formula is C16H24FNO2. The van der Waals surface area contributed by atoms with Gasteiger partial charge >= 0.3 is 0 Å². The third-order valence-electron chi connectivity index (χ3n) is 4.10. The lowest BCUT2D eigenvalue weighted by Crippen LogP contribution is -2.31. The molecule has 0 radical (unpaired) electrons. The number of hydrogen-bond donors (Lipinski definition) is 2. The maximum Gasteiger partial charge on any atom is 0.123 e. The minimum atomic E-state index is -0.529.